The van der Waals surface area contributed by atoms with Crippen LogP contribution in [0.1, 0.15) is 28.4 Å². The van der Waals surface area contributed by atoms with E-state index in [2.05, 4.69) is 50.7 Å². The maximum Gasteiger partial charge on any atom is 0.387 e. The highest BCUT2D eigenvalue weighted by Crippen LogP contribution is 2.30. The lowest BCUT2D eigenvalue weighted by Crippen LogP contribution is -2.41. The van der Waals surface area contributed by atoms with Gasteiger partial charge in [0, 0.05) is 17.0 Å². The number of hydrogen-bond donors (Lipinski definition) is 5. The van der Waals surface area contributed by atoms with Crippen molar-refractivity contribution in [3.05, 3.63) is 47.7 Å². The molecule has 2 aromatic carbocycles. The molecule has 1 aliphatic heterocycles. The van der Waals surface area contributed by atoms with E-state index < -0.39 is 67.7 Å². The third kappa shape index (κ3) is 8.68. The third-order valence-corrected chi connectivity index (χ3v) is 6.11. The Morgan fingerprint density at radius 1 is 1.05 bits per heavy atom. The van der Waals surface area contributed by atoms with Crippen molar-refractivity contribution >= 4 is 40.3 Å². The lowest BCUT2D eigenvalue weighted by Gasteiger charge is -2.20. The van der Waals surface area contributed by atoms with Crippen molar-refractivity contribution in [3.8, 4) is 11.5 Å². The van der Waals surface area contributed by atoms with Gasteiger partial charge in [-0.2, -0.15) is 22.7 Å². The minimum atomic E-state index is -3.31. The zero-order chi connectivity index (χ0) is 31.8. The van der Waals surface area contributed by atoms with E-state index >= 15 is 0 Å². The number of aliphatic imine (C=N–C) groups is 1. The van der Waals surface area contributed by atoms with E-state index in [0.29, 0.717) is 22.5 Å². The van der Waals surface area contributed by atoms with Gasteiger partial charge in [-0.15, -0.1) is 0 Å². The van der Waals surface area contributed by atoms with Crippen LogP contribution in [0, 0.1) is 0 Å². The zero-order valence-electron chi connectivity index (χ0n) is 22.8. The van der Waals surface area contributed by atoms with Gasteiger partial charge in [0.1, 0.15) is 17.7 Å². The van der Waals surface area contributed by atoms with Crippen LogP contribution < -0.4 is 30.7 Å². The molecule has 0 bridgehead atoms. The molecule has 0 saturated heterocycles. The van der Waals surface area contributed by atoms with E-state index in [0.717, 1.165) is 25.3 Å². The summed E-state index contributed by atoms with van der Waals surface area (Å²) in [4.78, 5) is 41.9. The summed E-state index contributed by atoms with van der Waals surface area (Å²) < 4.78 is 78.0. The van der Waals surface area contributed by atoms with E-state index in [1.165, 1.54) is 18.3 Å². The Labute approximate surface area is 245 Å². The van der Waals surface area contributed by atoms with Crippen LogP contribution in [0.5, 0.6) is 11.5 Å². The number of anilines is 1. The molecule has 2 amide bonds. The summed E-state index contributed by atoms with van der Waals surface area (Å²) in [5.41, 5.74) is 0.895. The van der Waals surface area contributed by atoms with Crippen molar-refractivity contribution in [2.45, 2.75) is 31.9 Å². The molecule has 13 nitrogen and oxygen atoms in total. The molecule has 2 heterocycles. The predicted octanol–water partition coefficient (Wildman–Crippen LogP) is 2.63. The minimum absolute atomic E-state index is 0.0415. The van der Waals surface area contributed by atoms with Crippen molar-refractivity contribution in [2.24, 2.45) is 4.99 Å². The maximum absolute atomic E-state index is 13.4. The number of carbonyl (C=O) groups excluding carboxylic acids is 3. The summed E-state index contributed by atoms with van der Waals surface area (Å²) >= 11 is 0. The van der Waals surface area contributed by atoms with E-state index in [4.69, 9.17) is 0 Å². The Bertz CT molecular complexity index is 1510. The number of halogens is 5. The summed E-state index contributed by atoms with van der Waals surface area (Å²) in [6.45, 7) is -7.21. The number of nitrogens with zero attached hydrogens (tertiary/aromatic N) is 2. The zero-order valence-corrected chi connectivity index (χ0v) is 22.8. The average molecular weight is 628 g/mol. The van der Waals surface area contributed by atoms with Gasteiger partial charge in [0.2, 0.25) is 5.91 Å². The number of benzene rings is 2. The van der Waals surface area contributed by atoms with Gasteiger partial charge >= 0.3 is 19.2 Å². The van der Waals surface area contributed by atoms with Gasteiger partial charge in [0.05, 0.1) is 56.6 Å². The quantitative estimate of drug-likeness (QED) is 0.150. The second kappa shape index (κ2) is 14.3. The molecule has 0 spiro atoms. The van der Waals surface area contributed by atoms with Crippen LogP contribution in [-0.4, -0.2) is 80.1 Å². The molecule has 2 atom stereocenters. The maximum atomic E-state index is 13.4. The summed E-state index contributed by atoms with van der Waals surface area (Å²) in [6, 6.07) is 4.46. The van der Waals surface area contributed by atoms with Crippen LogP contribution >= 0.6 is 0 Å². The van der Waals surface area contributed by atoms with Crippen molar-refractivity contribution in [2.75, 3.05) is 32.1 Å². The molecule has 5 N–H and O–H groups in total. The second-order valence-electron chi connectivity index (χ2n) is 9.23. The first-order chi connectivity index (χ1) is 21.0. The predicted molar refractivity (Wildman–Crippen MR) is 144 cm³/mol. The highest BCUT2D eigenvalue weighted by Gasteiger charge is 2.23. The van der Waals surface area contributed by atoms with Crippen LogP contribution in [0.15, 0.2) is 41.5 Å². The van der Waals surface area contributed by atoms with E-state index in [9.17, 15) is 36.3 Å². The molecular formula is C26H26F5N7O6. The number of amides is 2. The standard InChI is InChI=1S/C26H26F5N7O6/c1-42-22(40)7-18(12-2-15(43-24(28)29)6-16(3-12)44-25(30)31)36-21(39)11-32-23(41)13-4-19(17-10-35-38-20(17)5-13)37-26-33-8-14(27)9-34-26/h2-6,10,14,18,24-25H,7-9,11H2,1H3,(H,32,41)(H,35,38)(H,36,39)(H2,33,34,37). The second-order valence-corrected chi connectivity index (χ2v) is 9.23. The number of hydrogen-bond acceptors (Lipinski definition) is 10. The molecule has 0 aliphatic carbocycles. The minimum Gasteiger partial charge on any atom is -0.469 e. The van der Waals surface area contributed by atoms with Gasteiger partial charge in [0.15, 0.2) is 5.96 Å². The molecule has 1 aromatic heterocycles. The van der Waals surface area contributed by atoms with Gasteiger partial charge < -0.3 is 35.5 Å². The fourth-order valence-corrected chi connectivity index (χ4v) is 4.16. The van der Waals surface area contributed by atoms with E-state index in [-0.39, 0.29) is 24.2 Å². The lowest BCUT2D eigenvalue weighted by molar-refractivity contribution is -0.141. The summed E-state index contributed by atoms with van der Waals surface area (Å²) in [7, 11) is 1.07. The SMILES string of the molecule is COC(=O)CC(NC(=O)CNC(=O)c1cc(NC2=NCC(F)CN2)c2cn[nH]c2c1)c1cc(OC(F)F)cc(OC(F)F)c1. The van der Waals surface area contributed by atoms with E-state index in [1.807, 2.05) is 0 Å². The van der Waals surface area contributed by atoms with Crippen molar-refractivity contribution < 1.29 is 50.5 Å². The Hall–Kier alpha value is -5.16. The number of alkyl halides is 5. The fourth-order valence-electron chi connectivity index (χ4n) is 4.16. The van der Waals surface area contributed by atoms with Gasteiger partial charge in [-0.3, -0.25) is 19.5 Å². The number of esters is 1. The number of ether oxygens (including phenoxy) is 3. The number of carbonyl (C=O) groups is 3. The number of rotatable bonds is 12. The number of aromatic amines is 1. The molecule has 0 radical (unpaired) electrons. The summed E-state index contributed by atoms with van der Waals surface area (Å²) in [6.07, 6.45) is -0.156. The Balaban J connectivity index is 1.48. The Morgan fingerprint density at radius 2 is 1.75 bits per heavy atom. The van der Waals surface area contributed by atoms with Crippen LogP contribution in [0.3, 0.4) is 0 Å². The monoisotopic (exact) mass is 627 g/mol. The highest BCUT2D eigenvalue weighted by atomic mass is 19.3. The molecule has 236 valence electrons. The molecule has 3 aromatic rings. The highest BCUT2D eigenvalue weighted by molar-refractivity contribution is 6.07. The van der Waals surface area contributed by atoms with Crippen molar-refractivity contribution in [3.63, 3.8) is 0 Å². The molecule has 18 heteroatoms. The smallest absolute Gasteiger partial charge is 0.387 e. The van der Waals surface area contributed by atoms with Crippen molar-refractivity contribution in [1.82, 2.24) is 26.1 Å². The number of guanidine groups is 1. The average Bonchev–Trinajstić information content (AvgIpc) is 3.45. The van der Waals surface area contributed by atoms with Crippen LogP contribution in [0.25, 0.3) is 10.9 Å². The largest absolute Gasteiger partial charge is 0.469 e. The Kier molecular flexibility index (Phi) is 10.4. The molecule has 44 heavy (non-hydrogen) atoms. The third-order valence-electron chi connectivity index (χ3n) is 6.11. The number of fused-ring (bicyclic) bond motifs is 1. The first-order valence-electron chi connectivity index (χ1n) is 12.9. The van der Waals surface area contributed by atoms with Crippen LogP contribution in [0.4, 0.5) is 27.6 Å². The first kappa shape index (κ1) is 31.8. The Morgan fingerprint density at radius 3 is 2.36 bits per heavy atom. The fraction of sp³-hybridized carbons (Fsp3) is 0.346. The molecule has 2 unspecified atom stereocenters. The first-order valence-corrected chi connectivity index (χ1v) is 12.9. The van der Waals surface area contributed by atoms with Crippen LogP contribution in [-0.2, 0) is 14.3 Å². The molecular weight excluding hydrogens is 601 g/mol. The molecule has 0 saturated carbocycles. The number of H-pyrrole nitrogens is 1. The summed E-state index contributed by atoms with van der Waals surface area (Å²) in [5.74, 6) is -3.19. The van der Waals surface area contributed by atoms with Crippen LogP contribution in [0.2, 0.25) is 0 Å². The summed E-state index contributed by atoms with van der Waals surface area (Å²) in [5, 5.41) is 17.9. The molecule has 0 fully saturated rings. The van der Waals surface area contributed by atoms with Gasteiger partial charge in [-0.25, -0.2) is 9.38 Å². The normalized spacial score (nSPS) is 15.3. The lowest BCUT2D eigenvalue weighted by atomic mass is 10.0. The number of methoxy groups -OCH3 is 1. The molecule has 4 rings (SSSR count). The van der Waals surface area contributed by atoms with Gasteiger partial charge in [-0.05, 0) is 29.8 Å². The topological polar surface area (TPSA) is 168 Å². The number of aromatic nitrogens is 2. The molecule has 1 aliphatic rings. The van der Waals surface area contributed by atoms with Gasteiger partial charge in [-0.1, -0.05) is 0 Å². The van der Waals surface area contributed by atoms with Crippen molar-refractivity contribution in [1.29, 1.82) is 0 Å². The van der Waals surface area contributed by atoms with Gasteiger partial charge in [0.25, 0.3) is 5.91 Å². The number of nitrogens with one attached hydrogen (secondary N) is 5. The van der Waals surface area contributed by atoms with E-state index in [1.54, 1.807) is 0 Å².